The third-order valence-electron chi connectivity index (χ3n) is 8.88. The first kappa shape index (κ1) is 34.4. The van der Waals surface area contributed by atoms with Gasteiger partial charge in [-0.25, -0.2) is 4.79 Å². The van der Waals surface area contributed by atoms with Gasteiger partial charge < -0.3 is 48.8 Å². The van der Waals surface area contributed by atoms with Crippen LogP contribution in [0.3, 0.4) is 0 Å². The van der Waals surface area contributed by atoms with Crippen molar-refractivity contribution in [2.24, 2.45) is 17.8 Å². The fourth-order valence-electron chi connectivity index (χ4n) is 5.75. The topological polar surface area (TPSA) is 153 Å². The fourth-order valence-corrected chi connectivity index (χ4v) is 5.75. The van der Waals surface area contributed by atoms with Crippen LogP contribution < -0.4 is 0 Å². The first-order valence-electron chi connectivity index (χ1n) is 15.1. The number of carbonyl (C=O) groups is 1. The maximum absolute atomic E-state index is 13.1. The SMILES string of the molecule is COC(=O)C1(OCC2O[C@@H](OCc3ccccc3)C(OCc3ccccc3)[C@@H](C)[C@@H]2C)CC(O)C(C)C([C@H](O)[C@H](O)CO)O1. The van der Waals surface area contributed by atoms with Crippen LogP contribution >= 0.6 is 0 Å². The Bertz CT molecular complexity index is 1150. The Balaban J connectivity index is 1.52. The molecule has 2 saturated heterocycles. The zero-order chi connectivity index (χ0) is 31.9. The molecule has 0 spiro atoms. The van der Waals surface area contributed by atoms with E-state index in [2.05, 4.69) is 6.92 Å². The molecule has 2 heterocycles. The van der Waals surface area contributed by atoms with E-state index in [1.807, 2.05) is 67.6 Å². The van der Waals surface area contributed by atoms with Gasteiger partial charge in [-0.15, -0.1) is 0 Å². The van der Waals surface area contributed by atoms with Gasteiger partial charge >= 0.3 is 5.97 Å². The smallest absolute Gasteiger partial charge is 0.366 e. The summed E-state index contributed by atoms with van der Waals surface area (Å²) < 4.78 is 36.2. The van der Waals surface area contributed by atoms with Crippen molar-refractivity contribution in [2.75, 3.05) is 20.3 Å². The molecule has 0 amide bonds. The summed E-state index contributed by atoms with van der Waals surface area (Å²) in [5, 5.41) is 41.0. The molecule has 0 radical (unpaired) electrons. The van der Waals surface area contributed by atoms with Crippen molar-refractivity contribution >= 4 is 5.97 Å². The monoisotopic (exact) mass is 618 g/mol. The van der Waals surface area contributed by atoms with Gasteiger partial charge in [0.25, 0.3) is 5.79 Å². The average molecular weight is 619 g/mol. The Morgan fingerprint density at radius 3 is 2.09 bits per heavy atom. The number of rotatable bonds is 13. The van der Waals surface area contributed by atoms with Crippen LogP contribution in [0.2, 0.25) is 0 Å². The second kappa shape index (κ2) is 15.7. The molecule has 2 aromatic rings. The lowest BCUT2D eigenvalue weighted by atomic mass is 9.83. The molecule has 2 fully saturated rings. The van der Waals surface area contributed by atoms with Crippen molar-refractivity contribution < 1.29 is 53.6 Å². The molecule has 0 aromatic heterocycles. The van der Waals surface area contributed by atoms with Gasteiger partial charge in [0.15, 0.2) is 6.29 Å². The van der Waals surface area contributed by atoms with Crippen molar-refractivity contribution in [3.63, 3.8) is 0 Å². The molecule has 4 rings (SSSR count). The molecule has 11 atom stereocenters. The van der Waals surface area contributed by atoms with E-state index in [0.717, 1.165) is 11.1 Å². The largest absolute Gasteiger partial charge is 0.465 e. The predicted molar refractivity (Wildman–Crippen MR) is 158 cm³/mol. The third-order valence-corrected chi connectivity index (χ3v) is 8.88. The minimum absolute atomic E-state index is 0.0527. The second-order valence-electron chi connectivity index (χ2n) is 11.8. The molecule has 0 saturated carbocycles. The van der Waals surface area contributed by atoms with Crippen LogP contribution in [0.25, 0.3) is 0 Å². The van der Waals surface area contributed by atoms with Gasteiger partial charge in [0.1, 0.15) is 18.3 Å². The molecular weight excluding hydrogens is 572 g/mol. The van der Waals surface area contributed by atoms with Crippen molar-refractivity contribution in [1.29, 1.82) is 0 Å². The van der Waals surface area contributed by atoms with Crippen LogP contribution in [0.15, 0.2) is 60.7 Å². The van der Waals surface area contributed by atoms with E-state index < -0.39 is 67.2 Å². The minimum Gasteiger partial charge on any atom is -0.465 e. The second-order valence-corrected chi connectivity index (χ2v) is 11.8. The Labute approximate surface area is 258 Å². The Kier molecular flexibility index (Phi) is 12.3. The van der Waals surface area contributed by atoms with E-state index in [-0.39, 0.29) is 31.5 Å². The fraction of sp³-hybridized carbons (Fsp3) is 0.606. The number of aliphatic hydroxyl groups excluding tert-OH is 4. The van der Waals surface area contributed by atoms with Gasteiger partial charge in [0, 0.05) is 12.3 Å². The number of benzene rings is 2. The Morgan fingerprint density at radius 2 is 1.52 bits per heavy atom. The zero-order valence-electron chi connectivity index (χ0n) is 25.7. The van der Waals surface area contributed by atoms with Gasteiger partial charge in [-0.1, -0.05) is 81.4 Å². The van der Waals surface area contributed by atoms with Gasteiger partial charge in [-0.2, -0.15) is 0 Å². The average Bonchev–Trinajstić information content (AvgIpc) is 3.05. The lowest BCUT2D eigenvalue weighted by Gasteiger charge is -2.48. The summed E-state index contributed by atoms with van der Waals surface area (Å²) in [5.41, 5.74) is 1.99. The van der Waals surface area contributed by atoms with Crippen molar-refractivity contribution in [2.45, 2.75) is 89.1 Å². The van der Waals surface area contributed by atoms with Crippen molar-refractivity contribution in [3.8, 4) is 0 Å². The first-order valence-corrected chi connectivity index (χ1v) is 15.1. The summed E-state index contributed by atoms with van der Waals surface area (Å²) in [4.78, 5) is 13.1. The number of methoxy groups -OCH3 is 1. The molecule has 2 aliphatic rings. The quantitative estimate of drug-likeness (QED) is 0.244. The van der Waals surface area contributed by atoms with Crippen LogP contribution in [-0.4, -0.2) is 95.4 Å². The molecule has 2 aromatic carbocycles. The van der Waals surface area contributed by atoms with Crippen LogP contribution in [0, 0.1) is 17.8 Å². The van der Waals surface area contributed by atoms with Gasteiger partial charge in [-0.05, 0) is 23.0 Å². The van der Waals surface area contributed by atoms with E-state index in [9.17, 15) is 25.2 Å². The van der Waals surface area contributed by atoms with Gasteiger partial charge in [0.2, 0.25) is 0 Å². The van der Waals surface area contributed by atoms with Crippen molar-refractivity contribution in [3.05, 3.63) is 71.8 Å². The first-order chi connectivity index (χ1) is 21.1. The van der Waals surface area contributed by atoms with Gasteiger partial charge in [-0.3, -0.25) is 0 Å². The lowest BCUT2D eigenvalue weighted by molar-refractivity contribution is -0.338. The summed E-state index contributed by atoms with van der Waals surface area (Å²) in [6.07, 6.45) is -7.55. The molecule has 0 bridgehead atoms. The van der Waals surface area contributed by atoms with Crippen LogP contribution in [0.5, 0.6) is 0 Å². The zero-order valence-corrected chi connectivity index (χ0v) is 25.7. The van der Waals surface area contributed by atoms with Crippen LogP contribution in [0.4, 0.5) is 0 Å². The summed E-state index contributed by atoms with van der Waals surface area (Å²) >= 11 is 0. The van der Waals surface area contributed by atoms with Crippen LogP contribution in [-0.2, 0) is 46.4 Å². The summed E-state index contributed by atoms with van der Waals surface area (Å²) in [6, 6.07) is 19.5. The number of esters is 1. The molecule has 44 heavy (non-hydrogen) atoms. The summed E-state index contributed by atoms with van der Waals surface area (Å²) in [6.45, 7) is 5.45. The summed E-state index contributed by atoms with van der Waals surface area (Å²) in [7, 11) is 1.17. The summed E-state index contributed by atoms with van der Waals surface area (Å²) in [5.74, 6) is -3.85. The van der Waals surface area contributed by atoms with E-state index in [0.29, 0.717) is 6.61 Å². The highest BCUT2D eigenvalue weighted by Gasteiger charge is 2.55. The molecule has 11 heteroatoms. The molecule has 0 aliphatic carbocycles. The maximum atomic E-state index is 13.1. The number of aliphatic hydroxyl groups is 4. The molecule has 6 unspecified atom stereocenters. The number of hydrogen-bond donors (Lipinski definition) is 4. The standard InChI is InChI=1S/C33H46O11/c1-20-21(2)30(40-17-23-11-7-5-8-12-23)31(41-18-24-13-9-6-10-14-24)43-27(20)19-42-33(32(38)39-4)15-25(35)22(3)29(44-33)28(37)26(36)16-34/h5-14,20-22,25-31,34-37H,15-19H2,1-4H3/t20-,21-,22?,25?,26+,27?,28+,29?,30?,31+,33?/m0/s1. The maximum Gasteiger partial charge on any atom is 0.366 e. The lowest BCUT2D eigenvalue weighted by Crippen LogP contribution is -2.62. The Hall–Kier alpha value is -2.45. The van der Waals surface area contributed by atoms with E-state index in [1.54, 1.807) is 6.92 Å². The molecule has 11 nitrogen and oxygen atoms in total. The number of carbonyl (C=O) groups excluding carboxylic acids is 1. The minimum atomic E-state index is -2.09. The van der Waals surface area contributed by atoms with Gasteiger partial charge in [0.05, 0.1) is 51.8 Å². The predicted octanol–water partition coefficient (Wildman–Crippen LogP) is 2.17. The normalized spacial score (nSPS) is 33.8. The molecule has 4 N–H and O–H groups in total. The molecule has 2 aliphatic heterocycles. The van der Waals surface area contributed by atoms with Crippen LogP contribution in [0.1, 0.15) is 38.3 Å². The number of ether oxygens (including phenoxy) is 6. The van der Waals surface area contributed by atoms with Crippen molar-refractivity contribution in [1.82, 2.24) is 0 Å². The van der Waals surface area contributed by atoms with E-state index in [1.165, 1.54) is 7.11 Å². The highest BCUT2D eigenvalue weighted by atomic mass is 16.8. The highest BCUT2D eigenvalue weighted by molar-refractivity contribution is 5.78. The van der Waals surface area contributed by atoms with E-state index in [4.69, 9.17) is 28.4 Å². The third kappa shape index (κ3) is 8.03. The molecular formula is C33H46O11. The highest BCUT2D eigenvalue weighted by Crippen LogP contribution is 2.39. The Morgan fingerprint density at radius 1 is 0.932 bits per heavy atom. The number of hydrogen-bond acceptors (Lipinski definition) is 11. The van der Waals surface area contributed by atoms with E-state index >= 15 is 0 Å². The molecule has 244 valence electrons.